The molecule has 4 saturated carbocycles. The van der Waals surface area contributed by atoms with E-state index in [0.717, 1.165) is 24.2 Å². The summed E-state index contributed by atoms with van der Waals surface area (Å²) in [6.45, 7) is 0. The van der Waals surface area contributed by atoms with Gasteiger partial charge in [0.1, 0.15) is 0 Å². The van der Waals surface area contributed by atoms with Crippen molar-refractivity contribution in [2.45, 2.75) is 44.2 Å². The van der Waals surface area contributed by atoms with E-state index in [4.69, 9.17) is 0 Å². The average molecular weight is 318 g/mol. The summed E-state index contributed by atoms with van der Waals surface area (Å²) in [4.78, 5) is 4.36. The van der Waals surface area contributed by atoms with Gasteiger partial charge < -0.3 is 9.67 Å². The Morgan fingerprint density at radius 2 is 1.96 bits per heavy atom. The van der Waals surface area contributed by atoms with Crippen molar-refractivity contribution < 1.29 is 5.11 Å². The lowest BCUT2D eigenvalue weighted by molar-refractivity contribution is -0.452. The van der Waals surface area contributed by atoms with Gasteiger partial charge in [-0.1, -0.05) is 24.3 Å². The molecule has 0 bridgehead atoms. The molecule has 1 N–H and O–H groups in total. The van der Waals surface area contributed by atoms with Crippen LogP contribution in [-0.4, -0.2) is 20.8 Å². The molecule has 5 aliphatic rings. The standard InChI is InChI=1S/C21H22N2O/c24-19(20-8-13-5-12-6-14(9-20)21(12,13)20)7-17-15-3-1-2-4-16(15)18-10-22-11-23(17)18/h1-4,10-14,17,19,24H,5-9H2. The highest BCUT2D eigenvalue weighted by molar-refractivity contribution is 5.69. The van der Waals surface area contributed by atoms with E-state index in [2.05, 4.69) is 33.8 Å². The number of imidazole rings is 1. The molecule has 7 rings (SSSR count). The second-order valence-electron chi connectivity index (χ2n) is 9.10. The first-order chi connectivity index (χ1) is 11.8. The van der Waals surface area contributed by atoms with Crippen molar-refractivity contribution in [3.63, 3.8) is 0 Å². The predicted octanol–water partition coefficient (Wildman–Crippen LogP) is 3.64. The van der Waals surface area contributed by atoms with Crippen LogP contribution < -0.4 is 0 Å². The molecular formula is C21H22N2O. The quantitative estimate of drug-likeness (QED) is 0.938. The van der Waals surface area contributed by atoms with Crippen molar-refractivity contribution in [3.8, 4) is 11.3 Å². The molecule has 3 nitrogen and oxygen atoms in total. The van der Waals surface area contributed by atoms with Gasteiger partial charge in [-0.3, -0.25) is 0 Å². The fourth-order valence-electron chi connectivity index (χ4n) is 8.19. The fourth-order valence-corrected chi connectivity index (χ4v) is 8.19. The number of aliphatic hydroxyl groups excluding tert-OH is 1. The second kappa shape index (κ2) is 3.65. The number of fused-ring (bicyclic) bond motifs is 3. The van der Waals surface area contributed by atoms with Gasteiger partial charge >= 0.3 is 0 Å². The SMILES string of the molecule is OC(CC1c2ccccc2-c2cncn21)C12CC3CC4CC(C1)C432. The first-order valence-corrected chi connectivity index (χ1v) is 9.55. The van der Waals surface area contributed by atoms with E-state index in [1.165, 1.54) is 42.5 Å². The first kappa shape index (κ1) is 12.7. The third-order valence-electron chi connectivity index (χ3n) is 8.93. The molecule has 4 aliphatic carbocycles. The van der Waals surface area contributed by atoms with E-state index in [1.54, 1.807) is 0 Å². The molecule has 1 spiro atoms. The summed E-state index contributed by atoms with van der Waals surface area (Å²) in [6.07, 6.45) is 10.1. The smallest absolute Gasteiger partial charge is 0.0956 e. The van der Waals surface area contributed by atoms with E-state index >= 15 is 0 Å². The molecule has 2 aromatic rings. The Bertz CT molecular complexity index is 858. The number of nitrogens with zero attached hydrogens (tertiary/aromatic N) is 2. The Labute approximate surface area is 141 Å². The average Bonchev–Trinajstić information content (AvgIpc) is 3.08. The summed E-state index contributed by atoms with van der Waals surface area (Å²) in [6, 6.07) is 8.92. The van der Waals surface area contributed by atoms with Crippen molar-refractivity contribution in [2.24, 2.45) is 28.6 Å². The topological polar surface area (TPSA) is 38.1 Å². The number of hydrogen-bond donors (Lipinski definition) is 1. The molecule has 1 aromatic carbocycles. The first-order valence-electron chi connectivity index (χ1n) is 9.55. The van der Waals surface area contributed by atoms with Gasteiger partial charge in [-0.15, -0.1) is 0 Å². The van der Waals surface area contributed by atoms with Crippen LogP contribution in [0.3, 0.4) is 0 Å². The van der Waals surface area contributed by atoms with Crippen LogP contribution in [0.15, 0.2) is 36.8 Å². The molecule has 4 fully saturated rings. The van der Waals surface area contributed by atoms with Gasteiger partial charge in [-0.2, -0.15) is 0 Å². The zero-order chi connectivity index (χ0) is 15.7. The number of hydrogen-bond acceptors (Lipinski definition) is 2. The number of aromatic nitrogens is 2. The molecule has 4 unspecified atom stereocenters. The zero-order valence-corrected chi connectivity index (χ0v) is 13.7. The van der Waals surface area contributed by atoms with Crippen LogP contribution in [0.1, 0.15) is 43.7 Å². The lowest BCUT2D eigenvalue weighted by atomic mass is 9.12. The molecule has 2 heterocycles. The fraction of sp³-hybridized carbons (Fsp3) is 0.571. The normalized spacial score (nSPS) is 46.2. The predicted molar refractivity (Wildman–Crippen MR) is 90.2 cm³/mol. The van der Waals surface area contributed by atoms with Gasteiger partial charge in [0.25, 0.3) is 0 Å². The second-order valence-corrected chi connectivity index (χ2v) is 9.10. The Morgan fingerprint density at radius 1 is 1.17 bits per heavy atom. The minimum atomic E-state index is -0.153. The Balaban J connectivity index is 1.25. The minimum absolute atomic E-state index is 0.153. The monoisotopic (exact) mass is 318 g/mol. The maximum Gasteiger partial charge on any atom is 0.0956 e. The Morgan fingerprint density at radius 3 is 2.71 bits per heavy atom. The molecule has 3 heteroatoms. The zero-order valence-electron chi connectivity index (χ0n) is 13.7. The highest BCUT2D eigenvalue weighted by atomic mass is 16.3. The van der Waals surface area contributed by atoms with Crippen molar-refractivity contribution in [1.82, 2.24) is 9.55 Å². The summed E-state index contributed by atoms with van der Waals surface area (Å²) >= 11 is 0. The third-order valence-corrected chi connectivity index (χ3v) is 8.93. The van der Waals surface area contributed by atoms with Gasteiger partial charge in [0, 0.05) is 11.0 Å². The van der Waals surface area contributed by atoms with E-state index < -0.39 is 0 Å². The van der Waals surface area contributed by atoms with Crippen LogP contribution in [-0.2, 0) is 0 Å². The Hall–Kier alpha value is -1.61. The van der Waals surface area contributed by atoms with Crippen LogP contribution in [0, 0.1) is 28.6 Å². The van der Waals surface area contributed by atoms with Gasteiger partial charge in [-0.25, -0.2) is 4.98 Å². The molecule has 0 radical (unpaired) electrons. The van der Waals surface area contributed by atoms with Gasteiger partial charge in [0.05, 0.1) is 30.4 Å². The number of aliphatic hydroxyl groups is 1. The van der Waals surface area contributed by atoms with Gasteiger partial charge in [-0.05, 0) is 60.8 Å². The highest BCUT2D eigenvalue weighted by Crippen LogP contribution is 2.93. The lowest BCUT2D eigenvalue weighted by Crippen LogP contribution is -2.87. The van der Waals surface area contributed by atoms with Gasteiger partial charge in [0.2, 0.25) is 0 Å². The molecule has 1 aliphatic heterocycles. The van der Waals surface area contributed by atoms with Crippen LogP contribution in [0.25, 0.3) is 11.3 Å². The van der Waals surface area contributed by atoms with E-state index in [0.29, 0.717) is 5.41 Å². The number of rotatable bonds is 3. The summed E-state index contributed by atoms with van der Waals surface area (Å²) in [5.41, 5.74) is 4.75. The van der Waals surface area contributed by atoms with E-state index in [1.807, 2.05) is 12.5 Å². The molecule has 0 amide bonds. The van der Waals surface area contributed by atoms with Crippen molar-refractivity contribution >= 4 is 0 Å². The summed E-state index contributed by atoms with van der Waals surface area (Å²) in [7, 11) is 0. The van der Waals surface area contributed by atoms with E-state index in [-0.39, 0.29) is 17.6 Å². The molecule has 0 saturated heterocycles. The maximum absolute atomic E-state index is 11.3. The van der Waals surface area contributed by atoms with Crippen molar-refractivity contribution in [2.75, 3.05) is 0 Å². The highest BCUT2D eigenvalue weighted by Gasteiger charge is 2.88. The summed E-state index contributed by atoms with van der Waals surface area (Å²) < 4.78 is 2.29. The van der Waals surface area contributed by atoms with Crippen molar-refractivity contribution in [1.29, 1.82) is 0 Å². The molecule has 24 heavy (non-hydrogen) atoms. The molecule has 4 atom stereocenters. The molecular weight excluding hydrogens is 296 g/mol. The third kappa shape index (κ3) is 1.03. The Kier molecular flexibility index (Phi) is 1.93. The lowest BCUT2D eigenvalue weighted by Gasteiger charge is -2.92. The van der Waals surface area contributed by atoms with E-state index in [9.17, 15) is 5.11 Å². The van der Waals surface area contributed by atoms with Crippen LogP contribution in [0.4, 0.5) is 0 Å². The molecule has 122 valence electrons. The minimum Gasteiger partial charge on any atom is -0.392 e. The van der Waals surface area contributed by atoms with Crippen LogP contribution in [0.2, 0.25) is 0 Å². The summed E-state index contributed by atoms with van der Waals surface area (Å²) in [5, 5.41) is 11.3. The molecule has 1 aromatic heterocycles. The number of benzene rings is 1. The van der Waals surface area contributed by atoms with Crippen LogP contribution >= 0.6 is 0 Å². The maximum atomic E-state index is 11.3. The van der Waals surface area contributed by atoms with Gasteiger partial charge in [0.15, 0.2) is 0 Å². The van der Waals surface area contributed by atoms with Crippen molar-refractivity contribution in [3.05, 3.63) is 42.4 Å². The van der Waals surface area contributed by atoms with Crippen LogP contribution in [0.5, 0.6) is 0 Å². The largest absolute Gasteiger partial charge is 0.392 e. The summed E-state index contributed by atoms with van der Waals surface area (Å²) in [5.74, 6) is 2.89.